The Bertz CT molecular complexity index is 874. The van der Waals surface area contributed by atoms with Crippen LogP contribution in [-0.4, -0.2) is 36.8 Å². The fourth-order valence-corrected chi connectivity index (χ4v) is 3.35. The van der Waals surface area contributed by atoms with Gasteiger partial charge in [-0.25, -0.2) is 0 Å². The van der Waals surface area contributed by atoms with E-state index in [0.29, 0.717) is 11.6 Å². The van der Waals surface area contributed by atoms with Crippen LogP contribution in [0.3, 0.4) is 0 Å². The predicted molar refractivity (Wildman–Crippen MR) is 101 cm³/mol. The highest BCUT2D eigenvalue weighted by Gasteiger charge is 2.17. The van der Waals surface area contributed by atoms with Crippen LogP contribution in [0.1, 0.15) is 25.7 Å². The van der Waals surface area contributed by atoms with Crippen molar-refractivity contribution >= 4 is 23.7 Å². The van der Waals surface area contributed by atoms with Gasteiger partial charge in [-0.05, 0) is 38.1 Å². The van der Waals surface area contributed by atoms with Gasteiger partial charge < -0.3 is 16.2 Å². The largest absolute Gasteiger partial charge is 0.497 e. The summed E-state index contributed by atoms with van der Waals surface area (Å²) in [6, 6.07) is 7.90. The first kappa shape index (κ1) is 17.9. The Labute approximate surface area is 155 Å². The average Bonchev–Trinajstić information content (AvgIpc) is 3.03. The SMILES string of the molecule is COc1ccc(-c2nnc(SCc3nc(N)nc(N)n3)n2C(C)C)cc1. The number of hydrogen-bond donors (Lipinski definition) is 2. The fraction of sp³-hybridized carbons (Fsp3) is 0.312. The third kappa shape index (κ3) is 3.85. The Morgan fingerprint density at radius 2 is 1.69 bits per heavy atom. The molecule has 0 atom stereocenters. The number of nitrogens with two attached hydrogens (primary N) is 2. The zero-order chi connectivity index (χ0) is 18.7. The molecule has 0 saturated carbocycles. The first-order chi connectivity index (χ1) is 12.5. The Morgan fingerprint density at radius 1 is 1.04 bits per heavy atom. The molecule has 0 spiro atoms. The predicted octanol–water partition coefficient (Wildman–Crippen LogP) is 2.18. The van der Waals surface area contributed by atoms with E-state index < -0.39 is 0 Å². The van der Waals surface area contributed by atoms with E-state index in [-0.39, 0.29) is 17.9 Å². The summed E-state index contributed by atoms with van der Waals surface area (Å²) in [5, 5.41) is 9.45. The van der Waals surface area contributed by atoms with E-state index >= 15 is 0 Å². The number of anilines is 2. The number of hydrogen-bond acceptors (Lipinski definition) is 9. The lowest BCUT2D eigenvalue weighted by Gasteiger charge is -2.14. The van der Waals surface area contributed by atoms with Crippen LogP contribution >= 0.6 is 11.8 Å². The third-order valence-electron chi connectivity index (χ3n) is 3.58. The highest BCUT2D eigenvalue weighted by molar-refractivity contribution is 7.98. The maximum absolute atomic E-state index is 5.62. The molecule has 0 bridgehead atoms. The molecule has 26 heavy (non-hydrogen) atoms. The summed E-state index contributed by atoms with van der Waals surface area (Å²) in [6.07, 6.45) is 0. The van der Waals surface area contributed by atoms with Crippen molar-refractivity contribution in [2.45, 2.75) is 30.8 Å². The maximum Gasteiger partial charge on any atom is 0.225 e. The van der Waals surface area contributed by atoms with Crippen LogP contribution in [0.15, 0.2) is 29.4 Å². The van der Waals surface area contributed by atoms with Crippen molar-refractivity contribution in [3.05, 3.63) is 30.1 Å². The Morgan fingerprint density at radius 3 is 2.27 bits per heavy atom. The van der Waals surface area contributed by atoms with Crippen molar-refractivity contribution < 1.29 is 4.74 Å². The molecule has 0 amide bonds. The van der Waals surface area contributed by atoms with Crippen molar-refractivity contribution in [2.75, 3.05) is 18.6 Å². The van der Waals surface area contributed by atoms with Crippen LogP contribution < -0.4 is 16.2 Å². The second-order valence-electron chi connectivity index (χ2n) is 5.76. The van der Waals surface area contributed by atoms with E-state index in [0.717, 1.165) is 22.3 Å². The summed E-state index contributed by atoms with van der Waals surface area (Å²) in [5.74, 6) is 2.77. The maximum atomic E-state index is 5.62. The van der Waals surface area contributed by atoms with Gasteiger partial charge in [0.1, 0.15) is 11.6 Å². The number of nitrogens with zero attached hydrogens (tertiary/aromatic N) is 6. The topological polar surface area (TPSA) is 131 Å². The highest BCUT2D eigenvalue weighted by Crippen LogP contribution is 2.29. The van der Waals surface area contributed by atoms with Gasteiger partial charge in [0.15, 0.2) is 11.0 Å². The molecular weight excluding hydrogens is 352 g/mol. The standard InChI is InChI=1S/C16H20N8OS/c1-9(2)24-13(10-4-6-11(25-3)7-5-10)22-23-16(24)26-8-12-19-14(17)21-15(18)20-12/h4-7,9H,8H2,1-3H3,(H4,17,18,19,20,21). The number of benzene rings is 1. The van der Waals surface area contributed by atoms with E-state index in [1.54, 1.807) is 7.11 Å². The molecule has 1 aromatic carbocycles. The van der Waals surface area contributed by atoms with Gasteiger partial charge in [0.25, 0.3) is 0 Å². The molecule has 0 fully saturated rings. The average molecular weight is 372 g/mol. The quantitative estimate of drug-likeness (QED) is 0.625. The van der Waals surface area contributed by atoms with Gasteiger partial charge in [-0.3, -0.25) is 4.57 Å². The minimum absolute atomic E-state index is 0.109. The zero-order valence-electron chi connectivity index (χ0n) is 14.7. The van der Waals surface area contributed by atoms with Crippen molar-refractivity contribution in [3.63, 3.8) is 0 Å². The van der Waals surface area contributed by atoms with Crippen LogP contribution in [0, 0.1) is 0 Å². The van der Waals surface area contributed by atoms with Crippen LogP contribution in [-0.2, 0) is 5.75 Å². The summed E-state index contributed by atoms with van der Waals surface area (Å²) in [7, 11) is 1.64. The van der Waals surface area contributed by atoms with E-state index in [9.17, 15) is 0 Å². The summed E-state index contributed by atoms with van der Waals surface area (Å²) in [4.78, 5) is 12.0. The molecule has 3 aromatic rings. The summed E-state index contributed by atoms with van der Waals surface area (Å²) < 4.78 is 7.28. The monoisotopic (exact) mass is 372 g/mol. The zero-order valence-corrected chi connectivity index (χ0v) is 15.6. The number of aromatic nitrogens is 6. The summed E-state index contributed by atoms with van der Waals surface area (Å²) >= 11 is 1.47. The first-order valence-corrected chi connectivity index (χ1v) is 8.94. The van der Waals surface area contributed by atoms with E-state index in [4.69, 9.17) is 16.2 Å². The first-order valence-electron chi connectivity index (χ1n) is 7.96. The second-order valence-corrected chi connectivity index (χ2v) is 6.70. The minimum atomic E-state index is 0.109. The lowest BCUT2D eigenvalue weighted by Crippen LogP contribution is -2.07. The van der Waals surface area contributed by atoms with E-state index in [1.165, 1.54) is 11.8 Å². The lowest BCUT2D eigenvalue weighted by atomic mass is 10.2. The van der Waals surface area contributed by atoms with Crippen LogP contribution in [0.2, 0.25) is 0 Å². The number of ether oxygens (including phenoxy) is 1. The van der Waals surface area contributed by atoms with Gasteiger partial charge in [-0.1, -0.05) is 11.8 Å². The van der Waals surface area contributed by atoms with Gasteiger partial charge >= 0.3 is 0 Å². The minimum Gasteiger partial charge on any atom is -0.497 e. The fourth-order valence-electron chi connectivity index (χ4n) is 2.43. The second kappa shape index (κ2) is 7.56. The van der Waals surface area contributed by atoms with E-state index in [1.807, 2.05) is 24.3 Å². The molecule has 0 aliphatic heterocycles. The Balaban J connectivity index is 1.86. The molecule has 0 aliphatic carbocycles. The summed E-state index contributed by atoms with van der Waals surface area (Å²) in [6.45, 7) is 4.17. The molecule has 0 aliphatic rings. The number of thioether (sulfide) groups is 1. The van der Waals surface area contributed by atoms with Crippen LogP contribution in [0.4, 0.5) is 11.9 Å². The van der Waals surface area contributed by atoms with Crippen molar-refractivity contribution in [2.24, 2.45) is 0 Å². The molecule has 4 N–H and O–H groups in total. The van der Waals surface area contributed by atoms with Gasteiger partial charge in [0.2, 0.25) is 11.9 Å². The van der Waals surface area contributed by atoms with Gasteiger partial charge in [-0.15, -0.1) is 10.2 Å². The number of rotatable bonds is 6. The lowest BCUT2D eigenvalue weighted by molar-refractivity contribution is 0.415. The Kier molecular flexibility index (Phi) is 5.21. The van der Waals surface area contributed by atoms with Gasteiger partial charge in [-0.2, -0.15) is 15.0 Å². The smallest absolute Gasteiger partial charge is 0.225 e. The van der Waals surface area contributed by atoms with Crippen molar-refractivity contribution in [1.29, 1.82) is 0 Å². The normalized spacial score (nSPS) is 11.1. The molecule has 0 saturated heterocycles. The molecule has 2 heterocycles. The van der Waals surface area contributed by atoms with E-state index in [2.05, 4.69) is 43.6 Å². The molecule has 2 aromatic heterocycles. The Hall–Kier alpha value is -2.88. The van der Waals surface area contributed by atoms with Crippen LogP contribution in [0.25, 0.3) is 11.4 Å². The van der Waals surface area contributed by atoms with Crippen molar-refractivity contribution in [3.8, 4) is 17.1 Å². The molecule has 0 radical (unpaired) electrons. The molecule has 3 rings (SSSR count). The molecule has 136 valence electrons. The van der Waals surface area contributed by atoms with Crippen LogP contribution in [0.5, 0.6) is 5.75 Å². The molecular formula is C16H20N8OS. The third-order valence-corrected chi connectivity index (χ3v) is 4.51. The number of nitrogen functional groups attached to an aromatic ring is 2. The van der Waals surface area contributed by atoms with Gasteiger partial charge in [0.05, 0.1) is 12.9 Å². The molecule has 0 unspecified atom stereocenters. The van der Waals surface area contributed by atoms with Gasteiger partial charge in [0, 0.05) is 11.6 Å². The number of methoxy groups -OCH3 is 1. The summed E-state index contributed by atoms with van der Waals surface area (Å²) in [5.41, 5.74) is 12.2. The highest BCUT2D eigenvalue weighted by atomic mass is 32.2. The molecule has 10 heteroatoms. The van der Waals surface area contributed by atoms with Crippen molar-refractivity contribution in [1.82, 2.24) is 29.7 Å². The molecule has 9 nitrogen and oxygen atoms in total.